The van der Waals surface area contributed by atoms with Gasteiger partial charge in [-0.05, 0) is 17.9 Å². The quantitative estimate of drug-likeness (QED) is 0.769. The van der Waals surface area contributed by atoms with Crippen LogP contribution in [0.2, 0.25) is 0 Å². The molecule has 27 heavy (non-hydrogen) atoms. The average Bonchev–Trinajstić information content (AvgIpc) is 3.37. The van der Waals surface area contributed by atoms with Gasteiger partial charge in [0.05, 0.1) is 28.8 Å². The molecule has 2 aliphatic heterocycles. The number of rotatable bonds is 2. The number of carbonyl (C=O) groups excluding carboxylic acids is 3. The number of hydrogen-bond acceptors (Lipinski definition) is 5. The van der Waals surface area contributed by atoms with Gasteiger partial charge < -0.3 is 14.7 Å². The van der Waals surface area contributed by atoms with Gasteiger partial charge in [0.15, 0.2) is 0 Å². The highest BCUT2D eigenvalue weighted by Crippen LogP contribution is 2.35. The maximum atomic E-state index is 12.8. The number of thiophene rings is 1. The van der Waals surface area contributed by atoms with Crippen molar-refractivity contribution in [3.8, 4) is 0 Å². The summed E-state index contributed by atoms with van der Waals surface area (Å²) >= 11 is 1.41. The fourth-order valence-corrected chi connectivity index (χ4v) is 4.71. The molecule has 2 aromatic rings. The molecule has 142 valence electrons. The minimum atomic E-state index is -0.567. The molecular formula is C18H21N5O3S. The first-order chi connectivity index (χ1) is 12.9. The first-order valence-electron chi connectivity index (χ1n) is 8.80. The molecule has 4 rings (SSSR count). The van der Waals surface area contributed by atoms with Gasteiger partial charge in [-0.2, -0.15) is 5.10 Å². The summed E-state index contributed by atoms with van der Waals surface area (Å²) in [5.41, 5.74) is 0.149. The third kappa shape index (κ3) is 3.01. The SMILES string of the molecule is CC(=O)N1CC(=O)N(c2cnn(C)c2)C[C@]12CCN(C(=O)c1cccs1)C2. The molecule has 0 bridgehead atoms. The predicted molar refractivity (Wildman–Crippen MR) is 101 cm³/mol. The molecule has 2 aliphatic rings. The molecule has 0 aromatic carbocycles. The van der Waals surface area contributed by atoms with Crippen LogP contribution in [-0.4, -0.2) is 69.0 Å². The average molecular weight is 387 g/mol. The van der Waals surface area contributed by atoms with Gasteiger partial charge in [-0.1, -0.05) is 6.07 Å². The van der Waals surface area contributed by atoms with Crippen LogP contribution in [-0.2, 0) is 16.6 Å². The molecule has 2 saturated heterocycles. The van der Waals surface area contributed by atoms with Crippen molar-refractivity contribution in [2.24, 2.45) is 7.05 Å². The summed E-state index contributed by atoms with van der Waals surface area (Å²) in [6.45, 7) is 2.86. The fraction of sp³-hybridized carbons (Fsp3) is 0.444. The molecule has 3 amide bonds. The van der Waals surface area contributed by atoms with Crippen molar-refractivity contribution < 1.29 is 14.4 Å². The number of amides is 3. The van der Waals surface area contributed by atoms with Crippen LogP contribution in [0.1, 0.15) is 23.0 Å². The van der Waals surface area contributed by atoms with E-state index in [1.54, 1.807) is 38.8 Å². The summed E-state index contributed by atoms with van der Waals surface area (Å²) in [5.74, 6) is -0.290. The van der Waals surface area contributed by atoms with E-state index in [1.165, 1.54) is 18.3 Å². The summed E-state index contributed by atoms with van der Waals surface area (Å²) in [5, 5.41) is 6.03. The van der Waals surface area contributed by atoms with Crippen LogP contribution in [0, 0.1) is 0 Å². The lowest BCUT2D eigenvalue weighted by molar-refractivity contribution is -0.142. The summed E-state index contributed by atoms with van der Waals surface area (Å²) in [6, 6.07) is 3.67. The molecule has 8 nitrogen and oxygen atoms in total. The Morgan fingerprint density at radius 1 is 1.30 bits per heavy atom. The highest BCUT2D eigenvalue weighted by atomic mass is 32.1. The standard InChI is InChI=1S/C18H21N5O3S/c1-13(24)23-10-16(25)22(14-8-19-20(2)9-14)12-18(23)5-6-21(11-18)17(26)15-4-3-7-27-15/h3-4,7-9H,5-6,10-12H2,1-2H3/t18-/m1/s1. The van der Waals surface area contributed by atoms with Gasteiger partial charge in [-0.15, -0.1) is 11.3 Å². The Kier molecular flexibility index (Phi) is 4.26. The number of nitrogens with zero attached hydrogens (tertiary/aromatic N) is 5. The Labute approximate surface area is 161 Å². The Bertz CT molecular complexity index is 893. The predicted octanol–water partition coefficient (Wildman–Crippen LogP) is 0.962. The Morgan fingerprint density at radius 3 is 2.74 bits per heavy atom. The maximum absolute atomic E-state index is 12.8. The van der Waals surface area contributed by atoms with Crippen molar-refractivity contribution in [3.05, 3.63) is 34.8 Å². The first-order valence-corrected chi connectivity index (χ1v) is 9.68. The Hall–Kier alpha value is -2.68. The van der Waals surface area contributed by atoms with E-state index in [0.717, 1.165) is 0 Å². The molecule has 0 N–H and O–H groups in total. The smallest absolute Gasteiger partial charge is 0.264 e. The van der Waals surface area contributed by atoms with Crippen LogP contribution in [0.4, 0.5) is 5.69 Å². The third-order valence-corrected chi connectivity index (χ3v) is 6.21. The largest absolute Gasteiger partial charge is 0.335 e. The number of likely N-dealkylation sites (tertiary alicyclic amines) is 1. The molecule has 0 radical (unpaired) electrons. The van der Waals surface area contributed by atoms with E-state index in [0.29, 0.717) is 36.6 Å². The molecule has 0 aliphatic carbocycles. The van der Waals surface area contributed by atoms with E-state index >= 15 is 0 Å². The van der Waals surface area contributed by atoms with Gasteiger partial charge in [0.2, 0.25) is 11.8 Å². The van der Waals surface area contributed by atoms with Gasteiger partial charge >= 0.3 is 0 Å². The van der Waals surface area contributed by atoms with Crippen LogP contribution in [0.3, 0.4) is 0 Å². The third-order valence-electron chi connectivity index (χ3n) is 5.35. The molecule has 1 atom stereocenters. The molecule has 4 heterocycles. The number of carbonyl (C=O) groups is 3. The van der Waals surface area contributed by atoms with Crippen molar-refractivity contribution in [2.45, 2.75) is 18.9 Å². The Morgan fingerprint density at radius 2 is 2.11 bits per heavy atom. The molecule has 1 spiro atoms. The van der Waals surface area contributed by atoms with Crippen LogP contribution in [0.25, 0.3) is 0 Å². The van der Waals surface area contributed by atoms with E-state index < -0.39 is 5.54 Å². The van der Waals surface area contributed by atoms with Crippen LogP contribution < -0.4 is 4.90 Å². The van der Waals surface area contributed by atoms with Gasteiger partial charge in [-0.25, -0.2) is 0 Å². The van der Waals surface area contributed by atoms with Crippen LogP contribution in [0.5, 0.6) is 0 Å². The summed E-state index contributed by atoms with van der Waals surface area (Å²) in [6.07, 6.45) is 4.09. The van der Waals surface area contributed by atoms with Crippen molar-refractivity contribution in [3.63, 3.8) is 0 Å². The number of hydrogen-bond donors (Lipinski definition) is 0. The minimum absolute atomic E-state index is 0.0183. The van der Waals surface area contributed by atoms with E-state index in [-0.39, 0.29) is 24.3 Å². The van der Waals surface area contributed by atoms with Gasteiger partial charge in [0.25, 0.3) is 5.91 Å². The molecule has 0 unspecified atom stereocenters. The monoisotopic (exact) mass is 387 g/mol. The zero-order chi connectivity index (χ0) is 19.2. The lowest BCUT2D eigenvalue weighted by Gasteiger charge is -2.47. The van der Waals surface area contributed by atoms with Crippen molar-refractivity contribution in [1.29, 1.82) is 0 Å². The van der Waals surface area contributed by atoms with Gasteiger partial charge in [-0.3, -0.25) is 19.1 Å². The van der Waals surface area contributed by atoms with Crippen molar-refractivity contribution in [2.75, 3.05) is 31.1 Å². The molecule has 0 saturated carbocycles. The molecule has 9 heteroatoms. The molecular weight excluding hydrogens is 366 g/mol. The fourth-order valence-electron chi connectivity index (χ4n) is 4.02. The number of anilines is 1. The second-order valence-electron chi connectivity index (χ2n) is 7.14. The summed E-state index contributed by atoms with van der Waals surface area (Å²) < 4.78 is 1.65. The molecule has 2 aromatic heterocycles. The topological polar surface area (TPSA) is 78.8 Å². The van der Waals surface area contributed by atoms with Crippen LogP contribution >= 0.6 is 11.3 Å². The van der Waals surface area contributed by atoms with E-state index in [2.05, 4.69) is 5.10 Å². The van der Waals surface area contributed by atoms with Gasteiger partial charge in [0, 0.05) is 33.3 Å². The maximum Gasteiger partial charge on any atom is 0.264 e. The van der Waals surface area contributed by atoms with Crippen molar-refractivity contribution in [1.82, 2.24) is 19.6 Å². The highest BCUT2D eigenvalue weighted by molar-refractivity contribution is 7.12. The second kappa shape index (κ2) is 6.49. The van der Waals surface area contributed by atoms with Crippen molar-refractivity contribution >= 4 is 34.7 Å². The van der Waals surface area contributed by atoms with Gasteiger partial charge in [0.1, 0.15) is 6.54 Å². The number of aryl methyl sites for hydroxylation is 1. The van der Waals surface area contributed by atoms with E-state index in [1.807, 2.05) is 17.5 Å². The lowest BCUT2D eigenvalue weighted by atomic mass is 9.92. The zero-order valence-corrected chi connectivity index (χ0v) is 16.1. The zero-order valence-electron chi connectivity index (χ0n) is 15.3. The normalized spacial score (nSPS) is 22.7. The lowest BCUT2D eigenvalue weighted by Crippen LogP contribution is -2.67. The molecule has 2 fully saturated rings. The summed E-state index contributed by atoms with van der Waals surface area (Å²) in [4.78, 5) is 43.6. The Balaban J connectivity index is 1.62. The second-order valence-corrected chi connectivity index (χ2v) is 8.08. The number of piperazine rings is 1. The number of aromatic nitrogens is 2. The van der Waals surface area contributed by atoms with Crippen LogP contribution in [0.15, 0.2) is 29.9 Å². The van der Waals surface area contributed by atoms with E-state index in [9.17, 15) is 14.4 Å². The first kappa shape index (κ1) is 17.7. The minimum Gasteiger partial charge on any atom is -0.335 e. The summed E-state index contributed by atoms with van der Waals surface area (Å²) in [7, 11) is 1.80. The highest BCUT2D eigenvalue weighted by Gasteiger charge is 2.51. The van der Waals surface area contributed by atoms with E-state index in [4.69, 9.17) is 0 Å².